The average Bonchev–Trinajstić information content (AvgIpc) is 3.16. The van der Waals surface area contributed by atoms with Crippen molar-refractivity contribution in [1.82, 2.24) is 14.6 Å². The molecular weight excluding hydrogens is 286 g/mol. The van der Waals surface area contributed by atoms with Crippen molar-refractivity contribution in [2.45, 2.75) is 62.2 Å². The summed E-state index contributed by atoms with van der Waals surface area (Å²) in [5.41, 5.74) is 1.03. The molecule has 1 aromatic heterocycles. The second-order valence-electron chi connectivity index (χ2n) is 6.12. The summed E-state index contributed by atoms with van der Waals surface area (Å²) in [5, 5.41) is 3.56. The number of nitrogens with zero attached hydrogens (tertiary/aromatic N) is 2. The molecule has 1 aromatic rings. The molecule has 0 spiro atoms. The molecule has 1 heterocycles. The Balaban J connectivity index is 1.68. The van der Waals surface area contributed by atoms with Gasteiger partial charge in [-0.2, -0.15) is 4.31 Å². The minimum absolute atomic E-state index is 0.132. The van der Waals surface area contributed by atoms with Gasteiger partial charge in [-0.1, -0.05) is 18.9 Å². The van der Waals surface area contributed by atoms with E-state index in [0.717, 1.165) is 37.8 Å². The lowest BCUT2D eigenvalue weighted by Crippen LogP contribution is -2.35. The summed E-state index contributed by atoms with van der Waals surface area (Å²) in [6.45, 7) is 0.760. The van der Waals surface area contributed by atoms with Crippen LogP contribution in [0.25, 0.3) is 0 Å². The number of nitrogens with one attached hydrogen (secondary N) is 1. The molecule has 0 amide bonds. The standard InChI is InChI=1S/C15H23N3O2S/c1-18(14-4-2-3-5-14)21(19,20)15-9-6-12(11-17-15)10-16-13-7-8-13/h6,9,11,13-14,16H,2-5,7-8,10H2,1H3. The maximum atomic E-state index is 12.6. The van der Waals surface area contributed by atoms with E-state index in [1.54, 1.807) is 19.3 Å². The van der Waals surface area contributed by atoms with Gasteiger partial charge in [0.05, 0.1) is 0 Å². The molecule has 1 N–H and O–H groups in total. The lowest BCUT2D eigenvalue weighted by Gasteiger charge is -2.23. The number of sulfonamides is 1. The summed E-state index contributed by atoms with van der Waals surface area (Å²) in [7, 11) is -1.78. The zero-order valence-electron chi connectivity index (χ0n) is 12.5. The number of aromatic nitrogens is 1. The molecule has 0 radical (unpaired) electrons. The van der Waals surface area contributed by atoms with Crippen LogP contribution in [-0.2, 0) is 16.6 Å². The average molecular weight is 309 g/mol. The fraction of sp³-hybridized carbons (Fsp3) is 0.667. The van der Waals surface area contributed by atoms with Gasteiger partial charge >= 0.3 is 0 Å². The van der Waals surface area contributed by atoms with E-state index in [4.69, 9.17) is 0 Å². The first-order valence-corrected chi connectivity index (χ1v) is 9.18. The number of rotatable bonds is 6. The predicted molar refractivity (Wildman–Crippen MR) is 81.3 cm³/mol. The quantitative estimate of drug-likeness (QED) is 0.872. The molecule has 21 heavy (non-hydrogen) atoms. The summed E-state index contributed by atoms with van der Waals surface area (Å²) < 4.78 is 26.6. The first-order chi connectivity index (χ1) is 10.1. The predicted octanol–water partition coefficient (Wildman–Crippen LogP) is 1.90. The molecule has 2 saturated carbocycles. The Labute approximate surface area is 126 Å². The molecule has 2 fully saturated rings. The van der Waals surface area contributed by atoms with Gasteiger partial charge in [0.15, 0.2) is 5.03 Å². The highest BCUT2D eigenvalue weighted by Gasteiger charge is 2.30. The topological polar surface area (TPSA) is 62.3 Å². The molecule has 0 atom stereocenters. The van der Waals surface area contributed by atoms with E-state index in [1.165, 1.54) is 17.1 Å². The highest BCUT2D eigenvalue weighted by atomic mass is 32.2. The highest BCUT2D eigenvalue weighted by molar-refractivity contribution is 7.89. The monoisotopic (exact) mass is 309 g/mol. The van der Waals surface area contributed by atoms with Crippen molar-refractivity contribution in [3.8, 4) is 0 Å². The van der Waals surface area contributed by atoms with E-state index in [9.17, 15) is 8.42 Å². The summed E-state index contributed by atoms with van der Waals surface area (Å²) in [6.07, 6.45) is 8.30. The summed E-state index contributed by atoms with van der Waals surface area (Å²) in [4.78, 5) is 4.17. The second kappa shape index (κ2) is 6.02. The Morgan fingerprint density at radius 3 is 2.52 bits per heavy atom. The van der Waals surface area contributed by atoms with E-state index >= 15 is 0 Å². The fourth-order valence-electron chi connectivity index (χ4n) is 2.83. The molecular formula is C15H23N3O2S. The van der Waals surface area contributed by atoms with Crippen LogP contribution in [0.2, 0.25) is 0 Å². The van der Waals surface area contributed by atoms with Gasteiger partial charge in [0.2, 0.25) is 0 Å². The molecule has 0 unspecified atom stereocenters. The molecule has 0 aliphatic heterocycles. The zero-order valence-corrected chi connectivity index (χ0v) is 13.3. The van der Waals surface area contributed by atoms with Gasteiger partial charge in [-0.3, -0.25) is 0 Å². The van der Waals surface area contributed by atoms with Crippen LogP contribution in [0.1, 0.15) is 44.1 Å². The number of hydrogen-bond acceptors (Lipinski definition) is 4. The number of hydrogen-bond donors (Lipinski definition) is 1. The third-order valence-corrected chi connectivity index (χ3v) is 6.28. The van der Waals surface area contributed by atoms with Crippen LogP contribution < -0.4 is 5.32 Å². The van der Waals surface area contributed by atoms with E-state index < -0.39 is 10.0 Å². The molecule has 116 valence electrons. The summed E-state index contributed by atoms with van der Waals surface area (Å²) >= 11 is 0. The van der Waals surface area contributed by atoms with Crippen molar-refractivity contribution in [2.75, 3.05) is 7.05 Å². The van der Waals surface area contributed by atoms with Crippen LogP contribution in [0.3, 0.4) is 0 Å². The van der Waals surface area contributed by atoms with Gasteiger partial charge in [0.1, 0.15) is 0 Å². The van der Waals surface area contributed by atoms with E-state index in [0.29, 0.717) is 6.04 Å². The molecule has 5 nitrogen and oxygen atoms in total. The van der Waals surface area contributed by atoms with E-state index in [2.05, 4.69) is 10.3 Å². The van der Waals surface area contributed by atoms with Crippen LogP contribution in [-0.4, -0.2) is 36.8 Å². The second-order valence-corrected chi connectivity index (χ2v) is 8.06. The van der Waals surface area contributed by atoms with Crippen molar-refractivity contribution in [3.63, 3.8) is 0 Å². The van der Waals surface area contributed by atoms with Crippen LogP contribution in [0.5, 0.6) is 0 Å². The van der Waals surface area contributed by atoms with Gasteiger partial charge in [-0.05, 0) is 37.3 Å². The first-order valence-electron chi connectivity index (χ1n) is 7.74. The van der Waals surface area contributed by atoms with Crippen molar-refractivity contribution in [2.24, 2.45) is 0 Å². The van der Waals surface area contributed by atoms with Crippen molar-refractivity contribution in [3.05, 3.63) is 23.9 Å². The fourth-order valence-corrected chi connectivity index (χ4v) is 4.15. The minimum Gasteiger partial charge on any atom is -0.310 e. The van der Waals surface area contributed by atoms with Crippen molar-refractivity contribution in [1.29, 1.82) is 0 Å². The number of pyridine rings is 1. The maximum absolute atomic E-state index is 12.6. The lowest BCUT2D eigenvalue weighted by molar-refractivity contribution is 0.371. The summed E-state index contributed by atoms with van der Waals surface area (Å²) in [5.74, 6) is 0. The highest BCUT2D eigenvalue weighted by Crippen LogP contribution is 2.26. The summed E-state index contributed by atoms with van der Waals surface area (Å²) in [6, 6.07) is 4.26. The minimum atomic E-state index is -3.46. The molecule has 2 aliphatic carbocycles. The Morgan fingerprint density at radius 1 is 1.24 bits per heavy atom. The van der Waals surface area contributed by atoms with Crippen molar-refractivity contribution < 1.29 is 8.42 Å². The van der Waals surface area contributed by atoms with Gasteiger partial charge in [-0.15, -0.1) is 0 Å². The molecule has 6 heteroatoms. The zero-order chi connectivity index (χ0) is 14.9. The van der Waals surface area contributed by atoms with Crippen molar-refractivity contribution >= 4 is 10.0 Å². The Hall–Kier alpha value is -0.980. The van der Waals surface area contributed by atoms with Gasteiger partial charge in [0.25, 0.3) is 10.0 Å². The Morgan fingerprint density at radius 2 is 1.95 bits per heavy atom. The van der Waals surface area contributed by atoms with Crippen LogP contribution in [0.15, 0.2) is 23.4 Å². The first kappa shape index (κ1) is 14.9. The van der Waals surface area contributed by atoms with Crippen LogP contribution in [0.4, 0.5) is 0 Å². The van der Waals surface area contributed by atoms with Gasteiger partial charge < -0.3 is 5.32 Å². The van der Waals surface area contributed by atoms with E-state index in [1.807, 2.05) is 6.07 Å². The Kier molecular flexibility index (Phi) is 4.28. The van der Waals surface area contributed by atoms with Gasteiger partial charge in [-0.25, -0.2) is 13.4 Å². The van der Waals surface area contributed by atoms with Crippen LogP contribution in [0, 0.1) is 0 Å². The Bertz CT molecular complexity index is 575. The third-order valence-electron chi connectivity index (χ3n) is 4.45. The normalized spacial score (nSPS) is 20.3. The SMILES string of the molecule is CN(C1CCCC1)S(=O)(=O)c1ccc(CNC2CC2)cn1. The largest absolute Gasteiger partial charge is 0.310 e. The van der Waals surface area contributed by atoms with Gasteiger partial charge in [0, 0.05) is 31.9 Å². The smallest absolute Gasteiger partial charge is 0.260 e. The van der Waals surface area contributed by atoms with E-state index in [-0.39, 0.29) is 11.1 Å². The molecule has 0 bridgehead atoms. The molecule has 0 aromatic carbocycles. The maximum Gasteiger partial charge on any atom is 0.260 e. The third kappa shape index (κ3) is 3.44. The van der Waals surface area contributed by atoms with Crippen LogP contribution >= 0.6 is 0 Å². The molecule has 3 rings (SSSR count). The molecule has 0 saturated heterocycles. The molecule has 2 aliphatic rings. The lowest BCUT2D eigenvalue weighted by atomic mass is 10.3.